The van der Waals surface area contributed by atoms with Crippen molar-refractivity contribution >= 4 is 33.5 Å². The van der Waals surface area contributed by atoms with Gasteiger partial charge in [0.05, 0.1) is 29.2 Å². The zero-order valence-corrected chi connectivity index (χ0v) is 17.5. The van der Waals surface area contributed by atoms with Crippen LogP contribution in [0.2, 0.25) is 5.15 Å². The lowest BCUT2D eigenvalue weighted by Crippen LogP contribution is -2.28. The first-order valence-corrected chi connectivity index (χ1v) is 10.6. The van der Waals surface area contributed by atoms with Crippen LogP contribution in [0.25, 0.3) is 21.9 Å². The number of pyridine rings is 1. The van der Waals surface area contributed by atoms with E-state index in [2.05, 4.69) is 36.3 Å². The van der Waals surface area contributed by atoms with Crippen molar-refractivity contribution in [2.24, 2.45) is 5.92 Å². The van der Waals surface area contributed by atoms with Gasteiger partial charge in [0, 0.05) is 36.4 Å². The third-order valence-corrected chi connectivity index (χ3v) is 6.68. The molecule has 30 heavy (non-hydrogen) atoms. The molecule has 1 aliphatic heterocycles. The highest BCUT2D eigenvalue weighted by atomic mass is 35.5. The lowest BCUT2D eigenvalue weighted by Gasteiger charge is -2.24. The summed E-state index contributed by atoms with van der Waals surface area (Å²) in [6.45, 7) is 4.82. The van der Waals surface area contributed by atoms with Gasteiger partial charge < -0.3 is 18.6 Å². The number of hydrogen-bond donors (Lipinski definition) is 0. The second-order valence-electron chi connectivity index (χ2n) is 8.66. The molecule has 1 saturated carbocycles. The minimum Gasteiger partial charge on any atom is -0.346 e. The van der Waals surface area contributed by atoms with Crippen molar-refractivity contribution < 1.29 is 9.47 Å². The predicted octanol–water partition coefficient (Wildman–Crippen LogP) is 4.22. The molecule has 0 N–H and O–H groups in total. The van der Waals surface area contributed by atoms with E-state index in [9.17, 15) is 0 Å². The molecule has 0 bridgehead atoms. The van der Waals surface area contributed by atoms with Gasteiger partial charge in [0.25, 0.3) is 0 Å². The van der Waals surface area contributed by atoms with E-state index in [-0.39, 0.29) is 18.2 Å². The molecule has 0 amide bonds. The Morgan fingerprint density at radius 1 is 1.13 bits per heavy atom. The molecule has 4 aromatic heterocycles. The number of aromatic nitrogens is 5. The van der Waals surface area contributed by atoms with Crippen LogP contribution in [-0.4, -0.2) is 42.1 Å². The zero-order valence-electron chi connectivity index (χ0n) is 16.8. The Kier molecular flexibility index (Phi) is 3.97. The van der Waals surface area contributed by atoms with Gasteiger partial charge in [-0.3, -0.25) is 4.98 Å². The summed E-state index contributed by atoms with van der Waals surface area (Å²) in [6, 6.07) is 6.27. The first-order valence-electron chi connectivity index (χ1n) is 10.2. The number of hydrogen-bond acceptors (Lipinski definition) is 5. The van der Waals surface area contributed by atoms with Crippen molar-refractivity contribution in [3.05, 3.63) is 54.5 Å². The lowest BCUT2D eigenvalue weighted by atomic mass is 10.1. The fourth-order valence-electron chi connectivity index (χ4n) is 5.16. The maximum absolute atomic E-state index is 6.39. The Morgan fingerprint density at radius 2 is 2.00 bits per heavy atom. The fourth-order valence-corrected chi connectivity index (χ4v) is 5.35. The zero-order chi connectivity index (χ0) is 20.5. The van der Waals surface area contributed by atoms with Gasteiger partial charge in [-0.05, 0) is 38.5 Å². The maximum atomic E-state index is 6.39. The molecule has 1 saturated heterocycles. The minimum absolute atomic E-state index is 0.00822. The molecular weight excluding hydrogens is 402 g/mol. The van der Waals surface area contributed by atoms with Crippen LogP contribution in [0.5, 0.6) is 0 Å². The molecule has 0 radical (unpaired) electrons. The smallest absolute Gasteiger partial charge is 0.163 e. The summed E-state index contributed by atoms with van der Waals surface area (Å²) in [4.78, 5) is 12.9. The van der Waals surface area contributed by atoms with Gasteiger partial charge in [0.1, 0.15) is 23.2 Å². The molecule has 2 aliphatic rings. The van der Waals surface area contributed by atoms with E-state index in [1.165, 1.54) is 11.7 Å². The fraction of sp³-hybridized carbons (Fsp3) is 0.409. The van der Waals surface area contributed by atoms with Crippen molar-refractivity contribution in [2.75, 3.05) is 0 Å². The van der Waals surface area contributed by atoms with Crippen molar-refractivity contribution in [1.29, 1.82) is 0 Å². The Morgan fingerprint density at radius 3 is 2.90 bits per heavy atom. The Hall–Kier alpha value is -2.48. The van der Waals surface area contributed by atoms with E-state index >= 15 is 0 Å². The van der Waals surface area contributed by atoms with Crippen molar-refractivity contribution in [3.63, 3.8) is 0 Å². The minimum atomic E-state index is -0.609. The van der Waals surface area contributed by atoms with E-state index in [0.717, 1.165) is 29.5 Å². The van der Waals surface area contributed by atoms with Crippen molar-refractivity contribution in [3.8, 4) is 0 Å². The molecule has 0 unspecified atom stereocenters. The largest absolute Gasteiger partial charge is 0.346 e. The molecule has 2 fully saturated rings. The van der Waals surface area contributed by atoms with Crippen LogP contribution in [-0.2, 0) is 16.0 Å². The van der Waals surface area contributed by atoms with Gasteiger partial charge in [-0.2, -0.15) is 0 Å². The molecule has 4 atom stereocenters. The number of ether oxygens (including phenoxy) is 2. The van der Waals surface area contributed by atoms with Crippen LogP contribution in [0.15, 0.2) is 49.3 Å². The summed E-state index contributed by atoms with van der Waals surface area (Å²) < 4.78 is 17.2. The molecule has 6 rings (SSSR count). The second-order valence-corrected chi connectivity index (χ2v) is 9.01. The molecule has 4 aromatic rings. The number of rotatable bonds is 3. The van der Waals surface area contributed by atoms with Crippen molar-refractivity contribution in [1.82, 2.24) is 24.1 Å². The van der Waals surface area contributed by atoms with Gasteiger partial charge in [-0.1, -0.05) is 11.6 Å². The molecule has 7 nitrogen and oxygen atoms in total. The van der Waals surface area contributed by atoms with E-state index in [4.69, 9.17) is 21.1 Å². The summed E-state index contributed by atoms with van der Waals surface area (Å²) in [5.41, 5.74) is 1.98. The summed E-state index contributed by atoms with van der Waals surface area (Å²) in [5, 5.41) is 2.53. The third kappa shape index (κ3) is 2.76. The predicted molar refractivity (Wildman–Crippen MR) is 113 cm³/mol. The van der Waals surface area contributed by atoms with E-state index < -0.39 is 5.79 Å². The highest BCUT2D eigenvalue weighted by molar-refractivity contribution is 6.33. The summed E-state index contributed by atoms with van der Waals surface area (Å²) >= 11 is 6.28. The monoisotopic (exact) mass is 423 g/mol. The standard InChI is InChI=1S/C22H22ClN5O2/c1-22(2)29-18-14(11-27-7-4-13-3-6-24-10-17(13)27)9-16(19(18)30-22)28-8-5-15-20(23)25-12-26-21(15)28/h3-8,10,12,14,16,18-19H,9,11H2,1-2H3/t14-,16-,18-,19+/m1/s1. The van der Waals surface area contributed by atoms with Gasteiger partial charge in [0.15, 0.2) is 5.79 Å². The van der Waals surface area contributed by atoms with Gasteiger partial charge in [-0.25, -0.2) is 9.97 Å². The highest BCUT2D eigenvalue weighted by Crippen LogP contribution is 2.48. The first-order chi connectivity index (χ1) is 14.5. The molecule has 0 spiro atoms. The SMILES string of the molecule is CC1(C)O[C@@H]2[C@@H](Cn3ccc4ccncc43)C[C@@H](n3ccc4c(Cl)ncnc43)[C@@H]2O1. The topological polar surface area (TPSA) is 67.0 Å². The highest BCUT2D eigenvalue weighted by Gasteiger charge is 2.54. The molecule has 0 aromatic carbocycles. The molecule has 5 heterocycles. The van der Waals surface area contributed by atoms with Gasteiger partial charge in [0.2, 0.25) is 0 Å². The Bertz CT molecular complexity index is 1250. The second kappa shape index (κ2) is 6.51. The number of nitrogens with zero attached hydrogens (tertiary/aromatic N) is 5. The van der Waals surface area contributed by atoms with Crippen LogP contribution in [0.3, 0.4) is 0 Å². The molecular formula is C22H22ClN5O2. The molecule has 8 heteroatoms. The first kappa shape index (κ1) is 18.3. The molecule has 154 valence electrons. The average molecular weight is 424 g/mol. The summed E-state index contributed by atoms with van der Waals surface area (Å²) in [6.07, 6.45) is 10.3. The summed E-state index contributed by atoms with van der Waals surface area (Å²) in [7, 11) is 0. The van der Waals surface area contributed by atoms with E-state index in [0.29, 0.717) is 11.1 Å². The lowest BCUT2D eigenvalue weighted by molar-refractivity contribution is -0.160. The van der Waals surface area contributed by atoms with Gasteiger partial charge in [-0.15, -0.1) is 0 Å². The van der Waals surface area contributed by atoms with Crippen LogP contribution in [0, 0.1) is 5.92 Å². The normalized spacial score (nSPS) is 27.8. The van der Waals surface area contributed by atoms with E-state index in [1.807, 2.05) is 44.6 Å². The quantitative estimate of drug-likeness (QED) is 0.461. The Labute approximate surface area is 178 Å². The number of halogens is 1. The van der Waals surface area contributed by atoms with Crippen LogP contribution in [0.1, 0.15) is 26.3 Å². The summed E-state index contributed by atoms with van der Waals surface area (Å²) in [5.74, 6) is -0.311. The van der Waals surface area contributed by atoms with Crippen molar-refractivity contribution in [2.45, 2.75) is 50.8 Å². The van der Waals surface area contributed by atoms with Crippen LogP contribution >= 0.6 is 11.6 Å². The van der Waals surface area contributed by atoms with E-state index in [1.54, 1.807) is 0 Å². The Balaban J connectivity index is 1.38. The average Bonchev–Trinajstić information content (AvgIpc) is 3.46. The number of fused-ring (bicyclic) bond motifs is 3. The maximum Gasteiger partial charge on any atom is 0.163 e. The molecule has 1 aliphatic carbocycles. The van der Waals surface area contributed by atoms with Crippen LogP contribution < -0.4 is 0 Å². The van der Waals surface area contributed by atoms with Gasteiger partial charge >= 0.3 is 0 Å². The third-order valence-electron chi connectivity index (χ3n) is 6.38. The van der Waals surface area contributed by atoms with Crippen LogP contribution in [0.4, 0.5) is 0 Å².